The van der Waals surface area contributed by atoms with Crippen LogP contribution in [0.3, 0.4) is 0 Å². The predicted octanol–water partition coefficient (Wildman–Crippen LogP) is -2.18. The minimum absolute atomic E-state index is 0.0321. The average molecular weight is 601 g/mol. The van der Waals surface area contributed by atoms with E-state index in [1.165, 1.54) is 7.11 Å². The highest BCUT2D eigenvalue weighted by Crippen LogP contribution is 2.38. The molecule has 3 heterocycles. The molecular formula is C26H34B3N9O6. The molecule has 4 N–H and O–H groups in total. The number of rotatable bonds is 12. The second kappa shape index (κ2) is 13.5. The van der Waals surface area contributed by atoms with Gasteiger partial charge in [-0.25, -0.2) is 0 Å². The van der Waals surface area contributed by atoms with Gasteiger partial charge in [0, 0.05) is 25.1 Å². The number of methoxy groups -OCH3 is 1. The first kappa shape index (κ1) is 31.0. The first-order valence-electron chi connectivity index (χ1n) is 14.4. The standard InChI is InChI=1S/C26H34B3N9O6/c1-42-22-15(25-33-19(37-44-25)12-30-20(39)13-38-7-9-43-10-8-38)3-2-4-16(22)31-17-11-18(32-23(40)14-5-6-14)35-36-21(17)24(41)34-26(27,28)29/h2-4,11,14H,5-10,12-13,27-29H2,1H3,(H,30,39)(H,34,41)(H2,31,32,35,40). The van der Waals surface area contributed by atoms with Crippen LogP contribution in [0.4, 0.5) is 17.2 Å². The van der Waals surface area contributed by atoms with E-state index in [9.17, 15) is 14.4 Å². The number of amides is 3. The van der Waals surface area contributed by atoms with Gasteiger partial charge in [-0.3, -0.25) is 19.3 Å². The van der Waals surface area contributed by atoms with Crippen LogP contribution in [0.15, 0.2) is 28.8 Å². The topological polar surface area (TPSA) is 186 Å². The van der Waals surface area contributed by atoms with E-state index >= 15 is 0 Å². The summed E-state index contributed by atoms with van der Waals surface area (Å²) in [5.74, 6) is 0.287. The molecule has 18 heteroatoms. The van der Waals surface area contributed by atoms with E-state index < -0.39 is 11.1 Å². The maximum atomic E-state index is 13.1. The van der Waals surface area contributed by atoms with Crippen molar-refractivity contribution < 1.29 is 28.4 Å². The molecule has 3 aromatic rings. The molecule has 15 nitrogen and oxygen atoms in total. The van der Waals surface area contributed by atoms with Crippen molar-refractivity contribution in [2.24, 2.45) is 5.92 Å². The molecule has 1 saturated carbocycles. The third-order valence-electron chi connectivity index (χ3n) is 6.80. The number of benzene rings is 1. The Morgan fingerprint density at radius 2 is 1.89 bits per heavy atom. The van der Waals surface area contributed by atoms with Gasteiger partial charge in [0.2, 0.25) is 11.8 Å². The smallest absolute Gasteiger partial charge is 0.272 e. The normalized spacial score (nSPS) is 15.3. The number of aromatic nitrogens is 4. The Kier molecular flexibility index (Phi) is 9.49. The molecular weight excluding hydrogens is 567 g/mol. The average Bonchev–Trinajstić information content (AvgIpc) is 3.73. The summed E-state index contributed by atoms with van der Waals surface area (Å²) in [5, 5.41) is 23.4. The molecule has 0 radical (unpaired) electrons. The number of ether oxygens (including phenoxy) is 2. The van der Waals surface area contributed by atoms with Gasteiger partial charge in [0.1, 0.15) is 23.5 Å². The first-order valence-corrected chi connectivity index (χ1v) is 14.4. The third-order valence-corrected chi connectivity index (χ3v) is 6.80. The Hall–Kier alpha value is -4.44. The maximum Gasteiger partial charge on any atom is 0.272 e. The summed E-state index contributed by atoms with van der Waals surface area (Å²) in [7, 11) is 7.07. The minimum atomic E-state index is -0.524. The monoisotopic (exact) mass is 601 g/mol. The van der Waals surface area contributed by atoms with Crippen molar-refractivity contribution in [2.45, 2.75) is 24.6 Å². The van der Waals surface area contributed by atoms with E-state index in [1.807, 2.05) is 28.4 Å². The highest BCUT2D eigenvalue weighted by atomic mass is 16.5. The predicted molar refractivity (Wildman–Crippen MR) is 168 cm³/mol. The van der Waals surface area contributed by atoms with Crippen molar-refractivity contribution in [3.63, 3.8) is 0 Å². The lowest BCUT2D eigenvalue weighted by Gasteiger charge is -2.25. The Balaban J connectivity index is 1.35. The van der Waals surface area contributed by atoms with E-state index in [-0.39, 0.29) is 48.2 Å². The molecule has 228 valence electrons. The number of nitrogens with zero attached hydrogens (tertiary/aromatic N) is 5. The van der Waals surface area contributed by atoms with Crippen LogP contribution in [0, 0.1) is 5.92 Å². The summed E-state index contributed by atoms with van der Waals surface area (Å²) in [5.41, 5.74) is 1.30. The van der Waals surface area contributed by atoms with Crippen LogP contribution in [-0.2, 0) is 20.9 Å². The molecule has 2 aromatic heterocycles. The van der Waals surface area contributed by atoms with E-state index in [0.717, 1.165) is 12.8 Å². The lowest BCUT2D eigenvalue weighted by atomic mass is 9.49. The summed E-state index contributed by atoms with van der Waals surface area (Å²) >= 11 is 0. The SMILES string of the molecule is BC(B)(B)NC(=O)c1nnc(NC(=O)C2CC2)cc1Nc1cccc(-c2nc(CNC(=O)CN3CCOCC3)no2)c1OC. The summed E-state index contributed by atoms with van der Waals surface area (Å²) < 4.78 is 16.6. The lowest BCUT2D eigenvalue weighted by Crippen LogP contribution is -2.50. The number of carbonyl (C=O) groups is 3. The molecule has 3 amide bonds. The van der Waals surface area contributed by atoms with Gasteiger partial charge in [-0.05, 0) is 30.2 Å². The number of morpholine rings is 1. The molecule has 44 heavy (non-hydrogen) atoms. The molecule has 0 unspecified atom stereocenters. The Bertz CT molecular complexity index is 1520. The van der Waals surface area contributed by atoms with E-state index in [2.05, 4.69) is 41.6 Å². The fourth-order valence-electron chi connectivity index (χ4n) is 4.49. The highest BCUT2D eigenvalue weighted by molar-refractivity contribution is 6.60. The fraction of sp³-hybridized carbons (Fsp3) is 0.423. The molecule has 1 saturated heterocycles. The fourth-order valence-corrected chi connectivity index (χ4v) is 4.49. The molecule has 2 fully saturated rings. The van der Waals surface area contributed by atoms with Gasteiger partial charge in [0.05, 0.1) is 50.4 Å². The number of hydrogen-bond acceptors (Lipinski definition) is 12. The molecule has 1 aromatic carbocycles. The van der Waals surface area contributed by atoms with Gasteiger partial charge in [-0.2, -0.15) is 4.98 Å². The molecule has 0 spiro atoms. The molecule has 1 aliphatic carbocycles. The minimum Gasteiger partial charge on any atom is -0.494 e. The van der Waals surface area contributed by atoms with Gasteiger partial charge in [-0.15, -0.1) is 10.2 Å². The van der Waals surface area contributed by atoms with Crippen molar-refractivity contribution in [2.75, 3.05) is 50.6 Å². The second-order valence-electron chi connectivity index (χ2n) is 11.7. The van der Waals surface area contributed by atoms with Gasteiger partial charge >= 0.3 is 0 Å². The molecule has 1 aliphatic heterocycles. The number of para-hydroxylation sites is 1. The van der Waals surface area contributed by atoms with Crippen LogP contribution < -0.4 is 26.0 Å². The Morgan fingerprint density at radius 1 is 1.11 bits per heavy atom. The van der Waals surface area contributed by atoms with Crippen molar-refractivity contribution in [3.8, 4) is 17.2 Å². The van der Waals surface area contributed by atoms with Crippen molar-refractivity contribution in [1.82, 2.24) is 35.9 Å². The maximum absolute atomic E-state index is 13.1. The lowest BCUT2D eigenvalue weighted by molar-refractivity contribution is -0.123. The zero-order valence-corrected chi connectivity index (χ0v) is 25.2. The van der Waals surface area contributed by atoms with Crippen LogP contribution in [0.2, 0.25) is 0 Å². The van der Waals surface area contributed by atoms with Crippen LogP contribution in [0.5, 0.6) is 5.75 Å². The van der Waals surface area contributed by atoms with E-state index in [0.29, 0.717) is 54.8 Å². The molecule has 0 atom stereocenters. The van der Waals surface area contributed by atoms with Gasteiger partial charge in [0.15, 0.2) is 23.1 Å². The van der Waals surface area contributed by atoms with Gasteiger partial charge in [0.25, 0.3) is 11.8 Å². The molecule has 0 bridgehead atoms. The summed E-state index contributed by atoms with van der Waals surface area (Å²) in [4.78, 5) is 44.4. The summed E-state index contributed by atoms with van der Waals surface area (Å²) in [6.45, 7) is 2.99. The third kappa shape index (κ3) is 8.14. The largest absolute Gasteiger partial charge is 0.494 e. The van der Waals surface area contributed by atoms with Crippen molar-refractivity contribution >= 4 is 58.5 Å². The highest BCUT2D eigenvalue weighted by Gasteiger charge is 2.30. The zero-order valence-electron chi connectivity index (χ0n) is 25.2. The van der Waals surface area contributed by atoms with Gasteiger partial charge in [-0.1, -0.05) is 11.2 Å². The second-order valence-corrected chi connectivity index (χ2v) is 11.7. The summed E-state index contributed by atoms with van der Waals surface area (Å²) in [6, 6.07) is 6.81. The quantitative estimate of drug-likeness (QED) is 0.165. The Labute approximate surface area is 256 Å². The van der Waals surface area contributed by atoms with Crippen LogP contribution in [0.25, 0.3) is 11.5 Å². The van der Waals surface area contributed by atoms with Gasteiger partial charge < -0.3 is 35.3 Å². The molecule has 5 rings (SSSR count). The van der Waals surface area contributed by atoms with Crippen molar-refractivity contribution in [1.29, 1.82) is 0 Å². The van der Waals surface area contributed by atoms with E-state index in [4.69, 9.17) is 14.0 Å². The van der Waals surface area contributed by atoms with Crippen molar-refractivity contribution in [3.05, 3.63) is 35.8 Å². The zero-order chi connectivity index (χ0) is 31.3. The van der Waals surface area contributed by atoms with Crippen LogP contribution in [-0.4, -0.2) is 112 Å². The number of anilines is 3. The molecule has 2 aliphatic rings. The van der Waals surface area contributed by atoms with Crippen LogP contribution in [0.1, 0.15) is 29.2 Å². The Morgan fingerprint density at radius 3 is 2.59 bits per heavy atom. The summed E-state index contributed by atoms with van der Waals surface area (Å²) in [6.07, 6.45) is 1.66. The van der Waals surface area contributed by atoms with E-state index in [1.54, 1.807) is 24.3 Å². The number of hydrogen-bond donors (Lipinski definition) is 4. The number of carbonyl (C=O) groups excluding carboxylic acids is 3. The first-order chi connectivity index (χ1) is 21.1. The number of nitrogens with one attached hydrogen (secondary N) is 4. The van der Waals surface area contributed by atoms with Crippen LogP contribution >= 0.6 is 0 Å².